The number of benzene rings is 3. The normalized spacial score (nSPS) is 13.2. The van der Waals surface area contributed by atoms with Gasteiger partial charge in [-0.15, -0.1) is 0 Å². The van der Waals surface area contributed by atoms with Gasteiger partial charge in [-0.25, -0.2) is 12.8 Å². The standard InChI is InChI=1S/C31H34Cl2FN3O6S/c1-3-5-14-35-31(39)27(4-2)36(19-21-6-7-22(32)17-26(21)33)30(38)20-37(24-10-8-23(34)9-11-24)44(40,41)25-12-13-28-29(18-25)43-16-15-42-28/h6-13,17-18,27H,3-5,14-16,19-20H2,1-2H3,(H,35,39)/t27-/m1/s1. The number of nitrogens with one attached hydrogen (secondary N) is 1. The first-order chi connectivity index (χ1) is 21.0. The van der Waals surface area contributed by atoms with Gasteiger partial charge in [-0.3, -0.25) is 13.9 Å². The van der Waals surface area contributed by atoms with E-state index in [9.17, 15) is 22.4 Å². The van der Waals surface area contributed by atoms with Crippen LogP contribution in [-0.4, -0.2) is 57.5 Å². The van der Waals surface area contributed by atoms with Crippen LogP contribution in [0.25, 0.3) is 0 Å². The zero-order valence-electron chi connectivity index (χ0n) is 24.4. The number of hydrogen-bond acceptors (Lipinski definition) is 6. The molecule has 0 bridgehead atoms. The number of amides is 2. The second kappa shape index (κ2) is 15.0. The molecule has 0 unspecified atom stereocenters. The summed E-state index contributed by atoms with van der Waals surface area (Å²) in [5.74, 6) is -0.978. The van der Waals surface area contributed by atoms with Crippen LogP contribution in [-0.2, 0) is 26.2 Å². The molecule has 3 aromatic carbocycles. The van der Waals surface area contributed by atoms with Crippen molar-refractivity contribution in [2.75, 3.05) is 30.6 Å². The summed E-state index contributed by atoms with van der Waals surface area (Å²) in [4.78, 5) is 28.6. The summed E-state index contributed by atoms with van der Waals surface area (Å²) in [5, 5.41) is 3.55. The van der Waals surface area contributed by atoms with Gasteiger partial charge >= 0.3 is 0 Å². The first kappa shape index (κ1) is 33.4. The van der Waals surface area contributed by atoms with Crippen LogP contribution in [0.2, 0.25) is 10.0 Å². The Bertz CT molecular complexity index is 1590. The number of rotatable bonds is 13. The Morgan fingerprint density at radius 1 is 0.977 bits per heavy atom. The lowest BCUT2D eigenvalue weighted by atomic mass is 10.1. The number of anilines is 1. The lowest BCUT2D eigenvalue weighted by Crippen LogP contribution is -2.52. The Morgan fingerprint density at radius 3 is 2.34 bits per heavy atom. The van der Waals surface area contributed by atoms with Gasteiger partial charge in [0.15, 0.2) is 11.5 Å². The minimum atomic E-state index is -4.40. The third kappa shape index (κ3) is 7.94. The van der Waals surface area contributed by atoms with Gasteiger partial charge in [0, 0.05) is 29.2 Å². The molecule has 1 heterocycles. The highest BCUT2D eigenvalue weighted by molar-refractivity contribution is 7.92. The van der Waals surface area contributed by atoms with Crippen LogP contribution in [0, 0.1) is 5.82 Å². The summed E-state index contributed by atoms with van der Waals surface area (Å²) in [6.07, 6.45) is 1.87. The van der Waals surface area contributed by atoms with Crippen molar-refractivity contribution >= 4 is 50.7 Å². The van der Waals surface area contributed by atoms with E-state index in [0.29, 0.717) is 29.5 Å². The molecule has 3 aromatic rings. The van der Waals surface area contributed by atoms with Crippen molar-refractivity contribution in [3.05, 3.63) is 82.1 Å². The molecule has 2 amide bonds. The first-order valence-corrected chi connectivity index (χ1v) is 16.4. The van der Waals surface area contributed by atoms with Crippen molar-refractivity contribution in [2.24, 2.45) is 0 Å². The van der Waals surface area contributed by atoms with E-state index >= 15 is 0 Å². The van der Waals surface area contributed by atoms with Gasteiger partial charge in [-0.05, 0) is 66.9 Å². The molecule has 13 heteroatoms. The van der Waals surface area contributed by atoms with Crippen LogP contribution in [0.3, 0.4) is 0 Å². The van der Waals surface area contributed by atoms with E-state index < -0.39 is 34.3 Å². The molecule has 0 aromatic heterocycles. The van der Waals surface area contributed by atoms with E-state index in [1.54, 1.807) is 19.1 Å². The molecule has 0 spiro atoms. The number of halogens is 3. The van der Waals surface area contributed by atoms with Gasteiger partial charge in [0.2, 0.25) is 11.8 Å². The minimum absolute atomic E-state index is 0.0551. The van der Waals surface area contributed by atoms with Crippen LogP contribution in [0.1, 0.15) is 38.7 Å². The summed E-state index contributed by atoms with van der Waals surface area (Å²) >= 11 is 12.5. The van der Waals surface area contributed by atoms with E-state index in [2.05, 4.69) is 5.32 Å². The number of carbonyl (C=O) groups is 2. The number of unbranched alkanes of at least 4 members (excludes halogenated alkanes) is 1. The Labute approximate surface area is 266 Å². The van der Waals surface area contributed by atoms with Gasteiger partial charge in [0.1, 0.15) is 31.6 Å². The molecule has 4 rings (SSSR count). The SMILES string of the molecule is CCCCNC(=O)[C@@H](CC)N(Cc1ccc(Cl)cc1Cl)C(=O)CN(c1ccc(F)cc1)S(=O)(=O)c1ccc2c(c1)OCCO2. The summed E-state index contributed by atoms with van der Waals surface area (Å²) in [5.41, 5.74) is 0.576. The number of fused-ring (bicyclic) bond motifs is 1. The average molecular weight is 667 g/mol. The van der Waals surface area contributed by atoms with Crippen LogP contribution < -0.4 is 19.1 Å². The van der Waals surface area contributed by atoms with Gasteiger partial charge in [-0.2, -0.15) is 0 Å². The van der Waals surface area contributed by atoms with Crippen molar-refractivity contribution in [3.63, 3.8) is 0 Å². The smallest absolute Gasteiger partial charge is 0.264 e. The van der Waals surface area contributed by atoms with Crippen molar-refractivity contribution in [1.82, 2.24) is 10.2 Å². The van der Waals surface area contributed by atoms with Crippen molar-refractivity contribution in [1.29, 1.82) is 0 Å². The third-order valence-electron chi connectivity index (χ3n) is 7.07. The lowest BCUT2D eigenvalue weighted by Gasteiger charge is -2.33. The molecule has 1 N–H and O–H groups in total. The zero-order valence-corrected chi connectivity index (χ0v) is 26.7. The number of carbonyl (C=O) groups excluding carboxylic acids is 2. The molecular formula is C31H34Cl2FN3O6S. The molecule has 44 heavy (non-hydrogen) atoms. The van der Waals surface area contributed by atoms with Crippen molar-refractivity contribution in [3.8, 4) is 11.5 Å². The van der Waals surface area contributed by atoms with Gasteiger partial charge in [-0.1, -0.05) is 49.5 Å². The minimum Gasteiger partial charge on any atom is -0.486 e. The maximum Gasteiger partial charge on any atom is 0.264 e. The van der Waals surface area contributed by atoms with E-state index in [1.807, 2.05) is 6.92 Å². The van der Waals surface area contributed by atoms with Crippen LogP contribution in [0.4, 0.5) is 10.1 Å². The van der Waals surface area contributed by atoms with E-state index in [1.165, 1.54) is 41.3 Å². The Morgan fingerprint density at radius 2 is 1.68 bits per heavy atom. The zero-order chi connectivity index (χ0) is 31.9. The van der Waals surface area contributed by atoms with Gasteiger partial charge < -0.3 is 19.7 Å². The summed E-state index contributed by atoms with van der Waals surface area (Å²) < 4.78 is 54.1. The van der Waals surface area contributed by atoms with Crippen LogP contribution in [0.5, 0.6) is 11.5 Å². The Hall–Kier alpha value is -3.54. The summed E-state index contributed by atoms with van der Waals surface area (Å²) in [7, 11) is -4.40. The highest BCUT2D eigenvalue weighted by Crippen LogP contribution is 2.34. The maximum absolute atomic E-state index is 14.2. The fraction of sp³-hybridized carbons (Fsp3) is 0.355. The fourth-order valence-corrected chi connectivity index (χ4v) is 6.60. The Kier molecular flexibility index (Phi) is 11.3. The molecular weight excluding hydrogens is 632 g/mol. The number of ether oxygens (including phenoxy) is 2. The second-order valence-corrected chi connectivity index (χ2v) is 12.8. The monoisotopic (exact) mass is 665 g/mol. The third-order valence-corrected chi connectivity index (χ3v) is 9.42. The largest absolute Gasteiger partial charge is 0.486 e. The van der Waals surface area contributed by atoms with E-state index in [0.717, 1.165) is 29.3 Å². The quantitative estimate of drug-likeness (QED) is 0.231. The van der Waals surface area contributed by atoms with E-state index in [4.69, 9.17) is 32.7 Å². The highest BCUT2D eigenvalue weighted by atomic mass is 35.5. The first-order valence-electron chi connectivity index (χ1n) is 14.2. The van der Waals surface area contributed by atoms with Crippen LogP contribution in [0.15, 0.2) is 65.6 Å². The predicted octanol–water partition coefficient (Wildman–Crippen LogP) is 5.82. The molecule has 0 fully saturated rings. The molecule has 1 aliphatic heterocycles. The molecule has 0 saturated carbocycles. The number of hydrogen-bond donors (Lipinski definition) is 1. The fourth-order valence-electron chi connectivity index (χ4n) is 4.71. The molecule has 9 nitrogen and oxygen atoms in total. The predicted molar refractivity (Wildman–Crippen MR) is 167 cm³/mol. The average Bonchev–Trinajstić information content (AvgIpc) is 3.01. The molecule has 1 atom stereocenters. The van der Waals surface area contributed by atoms with Crippen LogP contribution >= 0.6 is 23.2 Å². The molecule has 1 aliphatic rings. The Balaban J connectivity index is 1.74. The van der Waals surface area contributed by atoms with Crippen molar-refractivity contribution < 1.29 is 31.9 Å². The molecule has 0 radical (unpaired) electrons. The van der Waals surface area contributed by atoms with E-state index in [-0.39, 0.29) is 46.8 Å². The van der Waals surface area contributed by atoms with Gasteiger partial charge in [0.25, 0.3) is 10.0 Å². The number of sulfonamides is 1. The topological polar surface area (TPSA) is 105 Å². The molecule has 236 valence electrons. The maximum atomic E-state index is 14.2. The molecule has 0 saturated heterocycles. The summed E-state index contributed by atoms with van der Waals surface area (Å²) in [6.45, 7) is 3.98. The second-order valence-electron chi connectivity index (χ2n) is 10.1. The van der Waals surface area contributed by atoms with Crippen molar-refractivity contribution in [2.45, 2.75) is 50.6 Å². The van der Waals surface area contributed by atoms with Gasteiger partial charge in [0.05, 0.1) is 10.6 Å². The summed E-state index contributed by atoms with van der Waals surface area (Å²) in [6, 6.07) is 12.8. The highest BCUT2D eigenvalue weighted by Gasteiger charge is 2.34. The number of nitrogens with zero attached hydrogens (tertiary/aromatic N) is 2. The molecule has 0 aliphatic carbocycles. The lowest BCUT2D eigenvalue weighted by molar-refractivity contribution is -0.140.